The molecule has 0 fully saturated rings. The zero-order chi connectivity index (χ0) is 9.94. The number of hydrogen-bond donors (Lipinski definition) is 1. The van der Waals surface area contributed by atoms with Gasteiger partial charge in [0.25, 0.3) is 11.0 Å². The zero-order valence-electron chi connectivity index (χ0n) is 8.33. The highest BCUT2D eigenvalue weighted by Crippen LogP contribution is 2.06. The Morgan fingerprint density at radius 3 is 2.00 bits per heavy atom. The Morgan fingerprint density at radius 1 is 0.923 bits per heavy atom. The SMILES string of the molecule is CCCCCCCCCO[SH](=O)=O. The third kappa shape index (κ3) is 11.9. The van der Waals surface area contributed by atoms with Crippen LogP contribution in [-0.4, -0.2) is 15.0 Å². The molecule has 0 unspecified atom stereocenters. The van der Waals surface area contributed by atoms with Crippen molar-refractivity contribution in [3.63, 3.8) is 0 Å². The molecule has 0 aromatic rings. The van der Waals surface area contributed by atoms with Gasteiger partial charge in [0.2, 0.25) is 0 Å². The summed E-state index contributed by atoms with van der Waals surface area (Å²) >= 11 is 0. The number of thiol groups is 1. The van der Waals surface area contributed by atoms with Crippen LogP contribution in [0, 0.1) is 0 Å². The van der Waals surface area contributed by atoms with Crippen LogP contribution in [0.4, 0.5) is 0 Å². The van der Waals surface area contributed by atoms with Gasteiger partial charge in [-0.05, 0) is 6.42 Å². The van der Waals surface area contributed by atoms with Gasteiger partial charge in [-0.1, -0.05) is 45.4 Å². The lowest BCUT2D eigenvalue weighted by atomic mass is 10.1. The Labute approximate surface area is 82.6 Å². The number of rotatable bonds is 9. The third-order valence-corrected chi connectivity index (χ3v) is 2.34. The topological polar surface area (TPSA) is 43.4 Å². The Bertz CT molecular complexity index is 158. The fourth-order valence-corrected chi connectivity index (χ4v) is 1.48. The highest BCUT2D eigenvalue weighted by atomic mass is 32.2. The quantitative estimate of drug-likeness (QED) is 0.467. The fraction of sp³-hybridized carbons (Fsp3) is 1.00. The molecular weight excluding hydrogens is 188 g/mol. The van der Waals surface area contributed by atoms with Crippen molar-refractivity contribution in [3.05, 3.63) is 0 Å². The van der Waals surface area contributed by atoms with Crippen LogP contribution in [0.25, 0.3) is 0 Å². The standard InChI is InChI=1S/C9H20O3S/c1-2-3-4-5-6-7-8-9-12-13(10)11/h13H,2-9H2,1H3. The summed E-state index contributed by atoms with van der Waals surface area (Å²) in [6.45, 7) is 2.55. The molecule has 0 aromatic heterocycles. The molecule has 0 aliphatic heterocycles. The molecule has 0 saturated heterocycles. The van der Waals surface area contributed by atoms with Crippen LogP contribution >= 0.6 is 0 Å². The monoisotopic (exact) mass is 208 g/mol. The van der Waals surface area contributed by atoms with Crippen LogP contribution in [0.3, 0.4) is 0 Å². The number of unbranched alkanes of at least 4 members (excludes halogenated alkanes) is 6. The zero-order valence-corrected chi connectivity index (χ0v) is 9.22. The second-order valence-corrected chi connectivity index (χ2v) is 3.88. The van der Waals surface area contributed by atoms with Gasteiger partial charge in [-0.3, -0.25) is 4.18 Å². The van der Waals surface area contributed by atoms with Gasteiger partial charge < -0.3 is 0 Å². The molecule has 80 valence electrons. The van der Waals surface area contributed by atoms with Crippen molar-refractivity contribution in [1.82, 2.24) is 0 Å². The summed E-state index contributed by atoms with van der Waals surface area (Å²) < 4.78 is 24.4. The summed E-state index contributed by atoms with van der Waals surface area (Å²) in [6, 6.07) is 0. The third-order valence-electron chi connectivity index (χ3n) is 1.94. The molecule has 0 aromatic carbocycles. The fourth-order valence-electron chi connectivity index (χ4n) is 1.20. The minimum atomic E-state index is -2.63. The normalized spacial score (nSPS) is 10.9. The van der Waals surface area contributed by atoms with Gasteiger partial charge in [0, 0.05) is 0 Å². The second kappa shape index (κ2) is 9.99. The summed E-state index contributed by atoms with van der Waals surface area (Å²) in [5, 5.41) is 0. The van der Waals surface area contributed by atoms with Crippen molar-refractivity contribution in [3.8, 4) is 0 Å². The highest BCUT2D eigenvalue weighted by molar-refractivity contribution is 7.67. The largest absolute Gasteiger partial charge is 0.272 e. The molecule has 0 saturated carbocycles. The van der Waals surface area contributed by atoms with Crippen molar-refractivity contribution in [2.75, 3.05) is 6.61 Å². The molecule has 0 aliphatic carbocycles. The maximum Gasteiger partial charge on any atom is 0.257 e. The molecule has 4 heteroatoms. The lowest BCUT2D eigenvalue weighted by Gasteiger charge is -1.99. The Hall–Kier alpha value is -0.0900. The first-order chi connectivity index (χ1) is 6.27. The predicted molar refractivity (Wildman–Crippen MR) is 54.3 cm³/mol. The Kier molecular flexibility index (Phi) is 9.92. The van der Waals surface area contributed by atoms with E-state index in [9.17, 15) is 8.42 Å². The molecule has 0 amide bonds. The van der Waals surface area contributed by atoms with E-state index in [1.54, 1.807) is 0 Å². The molecule has 0 heterocycles. The summed E-state index contributed by atoms with van der Waals surface area (Å²) in [5.41, 5.74) is 0. The van der Waals surface area contributed by atoms with E-state index in [1.807, 2.05) is 0 Å². The molecule has 0 aliphatic rings. The van der Waals surface area contributed by atoms with Crippen LogP contribution in [0.5, 0.6) is 0 Å². The van der Waals surface area contributed by atoms with Crippen LogP contribution < -0.4 is 0 Å². The van der Waals surface area contributed by atoms with Crippen molar-refractivity contribution >= 4 is 11.0 Å². The van der Waals surface area contributed by atoms with E-state index < -0.39 is 11.0 Å². The lowest BCUT2D eigenvalue weighted by molar-refractivity contribution is 0.319. The molecule has 0 bridgehead atoms. The smallest absolute Gasteiger partial charge is 0.257 e. The molecule has 13 heavy (non-hydrogen) atoms. The van der Waals surface area contributed by atoms with Crippen molar-refractivity contribution in [2.24, 2.45) is 0 Å². The molecular formula is C9H20O3S. The molecule has 3 nitrogen and oxygen atoms in total. The lowest BCUT2D eigenvalue weighted by Crippen LogP contribution is -1.92. The highest BCUT2D eigenvalue weighted by Gasteiger charge is 1.91. The first kappa shape index (κ1) is 12.9. The Balaban J connectivity index is 2.91. The molecule has 0 spiro atoms. The summed E-state index contributed by atoms with van der Waals surface area (Å²) in [7, 11) is -2.63. The predicted octanol–water partition coefficient (Wildman–Crippen LogP) is 2.28. The van der Waals surface area contributed by atoms with E-state index in [-0.39, 0.29) is 0 Å². The van der Waals surface area contributed by atoms with E-state index in [0.29, 0.717) is 6.61 Å². The minimum absolute atomic E-state index is 0.354. The van der Waals surface area contributed by atoms with Gasteiger partial charge in [0.15, 0.2) is 0 Å². The van der Waals surface area contributed by atoms with Crippen molar-refractivity contribution in [1.29, 1.82) is 0 Å². The molecule has 0 rings (SSSR count). The van der Waals surface area contributed by atoms with Gasteiger partial charge in [-0.25, -0.2) is 8.42 Å². The van der Waals surface area contributed by atoms with Gasteiger partial charge in [-0.2, -0.15) is 0 Å². The van der Waals surface area contributed by atoms with Crippen molar-refractivity contribution in [2.45, 2.75) is 51.9 Å². The number of hydrogen-bond acceptors (Lipinski definition) is 3. The Morgan fingerprint density at radius 2 is 1.46 bits per heavy atom. The van der Waals surface area contributed by atoms with Gasteiger partial charge in [0.05, 0.1) is 6.61 Å². The van der Waals surface area contributed by atoms with E-state index in [1.165, 1.54) is 32.1 Å². The van der Waals surface area contributed by atoms with Crippen molar-refractivity contribution < 1.29 is 12.6 Å². The minimum Gasteiger partial charge on any atom is -0.272 e. The first-order valence-electron chi connectivity index (χ1n) is 5.04. The molecule has 0 radical (unpaired) electrons. The maximum absolute atomic E-state index is 9.99. The average Bonchev–Trinajstić information content (AvgIpc) is 2.09. The maximum atomic E-state index is 9.99. The van der Waals surface area contributed by atoms with Crippen LogP contribution in [-0.2, 0) is 15.2 Å². The summed E-state index contributed by atoms with van der Waals surface area (Å²) in [5.74, 6) is 0. The molecule has 0 N–H and O–H groups in total. The van der Waals surface area contributed by atoms with Crippen LogP contribution in [0.1, 0.15) is 51.9 Å². The van der Waals surface area contributed by atoms with Crippen LogP contribution in [0.15, 0.2) is 0 Å². The van der Waals surface area contributed by atoms with Gasteiger partial charge >= 0.3 is 0 Å². The van der Waals surface area contributed by atoms with Gasteiger partial charge in [-0.15, -0.1) is 0 Å². The van der Waals surface area contributed by atoms with E-state index >= 15 is 0 Å². The van der Waals surface area contributed by atoms with E-state index in [0.717, 1.165) is 12.8 Å². The van der Waals surface area contributed by atoms with E-state index in [2.05, 4.69) is 11.1 Å². The van der Waals surface area contributed by atoms with E-state index in [4.69, 9.17) is 0 Å². The average molecular weight is 208 g/mol. The van der Waals surface area contributed by atoms with Crippen LogP contribution in [0.2, 0.25) is 0 Å². The first-order valence-corrected chi connectivity index (χ1v) is 6.14. The molecule has 0 atom stereocenters. The summed E-state index contributed by atoms with van der Waals surface area (Å²) in [4.78, 5) is 0. The second-order valence-electron chi connectivity index (χ2n) is 3.18. The summed E-state index contributed by atoms with van der Waals surface area (Å²) in [6.07, 6.45) is 8.26. The van der Waals surface area contributed by atoms with Gasteiger partial charge in [0.1, 0.15) is 0 Å².